The molecule has 17 heavy (non-hydrogen) atoms. The third-order valence-corrected chi connectivity index (χ3v) is 3.97. The average molecular weight is 229 g/mol. The zero-order valence-electron chi connectivity index (χ0n) is 10.5. The second-order valence-electron chi connectivity index (χ2n) is 5.39. The first-order valence-electron chi connectivity index (χ1n) is 6.29. The first kappa shape index (κ1) is 11.0. The van der Waals surface area contributed by atoms with Crippen molar-refractivity contribution in [1.29, 1.82) is 0 Å². The minimum Gasteiger partial charge on any atom is -0.378 e. The molecule has 0 spiro atoms. The Labute approximate surface area is 103 Å². The Morgan fingerprint density at radius 3 is 2.24 bits per heavy atom. The lowest BCUT2D eigenvalue weighted by atomic mass is 9.90. The van der Waals surface area contributed by atoms with Crippen LogP contribution in [0.4, 0.5) is 0 Å². The summed E-state index contributed by atoms with van der Waals surface area (Å²) in [7, 11) is 0. The summed E-state index contributed by atoms with van der Waals surface area (Å²) in [6.07, 6.45) is 4.59. The van der Waals surface area contributed by atoms with Gasteiger partial charge in [-0.05, 0) is 19.4 Å². The van der Waals surface area contributed by atoms with Gasteiger partial charge in [-0.1, -0.05) is 42.5 Å². The number of hydrogen-bond acceptors (Lipinski definition) is 2. The van der Waals surface area contributed by atoms with Crippen LogP contribution in [0.25, 0.3) is 0 Å². The molecule has 3 rings (SSSR count). The number of benzene rings is 1. The second-order valence-corrected chi connectivity index (χ2v) is 5.39. The highest BCUT2D eigenvalue weighted by Crippen LogP contribution is 2.37. The molecule has 0 radical (unpaired) electrons. The number of rotatable bonds is 2. The van der Waals surface area contributed by atoms with E-state index in [1.54, 1.807) is 0 Å². The minimum absolute atomic E-state index is 0.0594. The molecule has 2 heteroatoms. The predicted octanol–water partition coefficient (Wildman–Crippen LogP) is 2.56. The number of morpholine rings is 1. The van der Waals surface area contributed by atoms with Crippen LogP contribution in [0.2, 0.25) is 0 Å². The molecule has 2 aliphatic rings. The maximum Gasteiger partial charge on any atom is 0.0659 e. The molecule has 0 unspecified atom stereocenters. The molecule has 0 amide bonds. The Balaban J connectivity index is 1.94. The molecule has 0 aliphatic carbocycles. The lowest BCUT2D eigenvalue weighted by Crippen LogP contribution is -2.55. The molecule has 2 bridgehead atoms. The van der Waals surface area contributed by atoms with Crippen molar-refractivity contribution in [3.63, 3.8) is 0 Å². The van der Waals surface area contributed by atoms with Gasteiger partial charge in [-0.15, -0.1) is 0 Å². The van der Waals surface area contributed by atoms with Gasteiger partial charge in [-0.25, -0.2) is 0 Å². The van der Waals surface area contributed by atoms with Crippen molar-refractivity contribution in [3.05, 3.63) is 48.0 Å². The van der Waals surface area contributed by atoms with Crippen molar-refractivity contribution in [2.24, 2.45) is 0 Å². The largest absolute Gasteiger partial charge is 0.378 e. The molecule has 2 atom stereocenters. The monoisotopic (exact) mass is 229 g/mol. The van der Waals surface area contributed by atoms with Gasteiger partial charge in [-0.3, -0.25) is 4.90 Å². The minimum atomic E-state index is 0.0594. The van der Waals surface area contributed by atoms with E-state index in [-0.39, 0.29) is 5.54 Å². The van der Waals surface area contributed by atoms with Gasteiger partial charge in [0.05, 0.1) is 25.3 Å². The molecule has 1 aromatic rings. The summed E-state index contributed by atoms with van der Waals surface area (Å²) in [5, 5.41) is 0. The van der Waals surface area contributed by atoms with Gasteiger partial charge in [-0.2, -0.15) is 0 Å². The summed E-state index contributed by atoms with van der Waals surface area (Å²) in [6.45, 7) is 6.26. The fourth-order valence-electron chi connectivity index (χ4n) is 3.09. The Morgan fingerprint density at radius 1 is 1.06 bits per heavy atom. The predicted molar refractivity (Wildman–Crippen MR) is 68.8 cm³/mol. The molecule has 1 aromatic carbocycles. The van der Waals surface area contributed by atoms with Crippen molar-refractivity contribution in [1.82, 2.24) is 4.90 Å². The highest BCUT2D eigenvalue weighted by atomic mass is 16.5. The topological polar surface area (TPSA) is 12.5 Å². The van der Waals surface area contributed by atoms with Gasteiger partial charge in [0.15, 0.2) is 0 Å². The van der Waals surface area contributed by atoms with Crippen molar-refractivity contribution in [2.45, 2.75) is 31.5 Å². The van der Waals surface area contributed by atoms with Crippen LogP contribution >= 0.6 is 0 Å². The normalized spacial score (nSPS) is 28.6. The van der Waals surface area contributed by atoms with E-state index in [1.165, 1.54) is 5.56 Å². The van der Waals surface area contributed by atoms with Gasteiger partial charge in [0.25, 0.3) is 0 Å². The summed E-state index contributed by atoms with van der Waals surface area (Å²) >= 11 is 0. The van der Waals surface area contributed by atoms with Crippen LogP contribution in [0, 0.1) is 0 Å². The fraction of sp³-hybridized carbons (Fsp3) is 0.467. The van der Waals surface area contributed by atoms with E-state index in [0.717, 1.165) is 13.2 Å². The van der Waals surface area contributed by atoms with Gasteiger partial charge in [0.1, 0.15) is 0 Å². The average Bonchev–Trinajstić information content (AvgIpc) is 2.62. The Hall–Kier alpha value is -1.12. The Morgan fingerprint density at radius 2 is 1.65 bits per heavy atom. The molecule has 2 aliphatic heterocycles. The van der Waals surface area contributed by atoms with Crippen LogP contribution in [0.3, 0.4) is 0 Å². The highest BCUT2D eigenvalue weighted by Gasteiger charge is 2.42. The Kier molecular flexibility index (Phi) is 2.57. The smallest absolute Gasteiger partial charge is 0.0659 e. The first-order chi connectivity index (χ1) is 8.19. The van der Waals surface area contributed by atoms with Gasteiger partial charge < -0.3 is 4.74 Å². The molecule has 90 valence electrons. The molecule has 0 aromatic heterocycles. The van der Waals surface area contributed by atoms with Gasteiger partial charge in [0, 0.05) is 5.54 Å². The molecule has 0 saturated carbocycles. The molecule has 1 fully saturated rings. The summed E-state index contributed by atoms with van der Waals surface area (Å²) in [4.78, 5) is 2.58. The van der Waals surface area contributed by atoms with Crippen LogP contribution in [0.5, 0.6) is 0 Å². The summed E-state index contributed by atoms with van der Waals surface area (Å²) in [6, 6.07) is 11.6. The van der Waals surface area contributed by atoms with Crippen LogP contribution < -0.4 is 0 Å². The molecule has 2 heterocycles. The van der Waals surface area contributed by atoms with E-state index in [4.69, 9.17) is 4.74 Å². The summed E-state index contributed by atoms with van der Waals surface area (Å²) < 4.78 is 5.61. The fourth-order valence-corrected chi connectivity index (χ4v) is 3.09. The number of ether oxygens (including phenoxy) is 1. The summed E-state index contributed by atoms with van der Waals surface area (Å²) in [5.41, 5.74) is 1.43. The van der Waals surface area contributed by atoms with E-state index in [1.807, 2.05) is 0 Å². The zero-order valence-corrected chi connectivity index (χ0v) is 10.5. The van der Waals surface area contributed by atoms with E-state index < -0.39 is 0 Å². The van der Waals surface area contributed by atoms with Crippen molar-refractivity contribution in [3.8, 4) is 0 Å². The lowest BCUT2D eigenvalue weighted by molar-refractivity contribution is -0.0555. The van der Waals surface area contributed by atoms with E-state index in [9.17, 15) is 0 Å². The SMILES string of the molecule is CC(C)(c1ccccc1)N1[C@@H]2C=C[C@H]1COC2. The van der Waals surface area contributed by atoms with Crippen LogP contribution in [-0.4, -0.2) is 30.2 Å². The third kappa shape index (κ3) is 1.72. The van der Waals surface area contributed by atoms with Crippen molar-refractivity contribution in [2.75, 3.05) is 13.2 Å². The molecule has 0 N–H and O–H groups in total. The maximum atomic E-state index is 5.61. The maximum absolute atomic E-state index is 5.61. The molecule has 1 saturated heterocycles. The van der Waals surface area contributed by atoms with Crippen molar-refractivity contribution >= 4 is 0 Å². The standard InChI is InChI=1S/C15H19NO/c1-15(2,12-6-4-3-5-7-12)16-13-8-9-14(16)11-17-10-13/h3-9,13-14H,10-11H2,1-2H3/t13-,14+. The second kappa shape index (κ2) is 3.97. The highest BCUT2D eigenvalue weighted by molar-refractivity contribution is 5.27. The third-order valence-electron chi connectivity index (χ3n) is 3.97. The zero-order chi connectivity index (χ0) is 11.9. The number of fused-ring (bicyclic) bond motifs is 2. The number of nitrogens with zero attached hydrogens (tertiary/aromatic N) is 1. The van der Waals surface area contributed by atoms with E-state index in [2.05, 4.69) is 61.2 Å². The lowest BCUT2D eigenvalue weighted by Gasteiger charge is -2.46. The summed E-state index contributed by atoms with van der Waals surface area (Å²) in [5.74, 6) is 0. The Bertz CT molecular complexity index is 410. The van der Waals surface area contributed by atoms with E-state index >= 15 is 0 Å². The molecule has 2 nitrogen and oxygen atoms in total. The van der Waals surface area contributed by atoms with Gasteiger partial charge >= 0.3 is 0 Å². The first-order valence-corrected chi connectivity index (χ1v) is 6.29. The van der Waals surface area contributed by atoms with Crippen LogP contribution in [0.15, 0.2) is 42.5 Å². The molecular formula is C15H19NO. The molecular weight excluding hydrogens is 210 g/mol. The van der Waals surface area contributed by atoms with Crippen LogP contribution in [0.1, 0.15) is 19.4 Å². The number of hydrogen-bond donors (Lipinski definition) is 0. The van der Waals surface area contributed by atoms with Crippen molar-refractivity contribution < 1.29 is 4.74 Å². The van der Waals surface area contributed by atoms with Gasteiger partial charge in [0.2, 0.25) is 0 Å². The quantitative estimate of drug-likeness (QED) is 0.723. The van der Waals surface area contributed by atoms with E-state index in [0.29, 0.717) is 12.1 Å². The van der Waals surface area contributed by atoms with Crippen LogP contribution in [-0.2, 0) is 10.3 Å².